The summed E-state index contributed by atoms with van der Waals surface area (Å²) in [7, 11) is -3.82. The summed E-state index contributed by atoms with van der Waals surface area (Å²) in [5.74, 6) is 0. The predicted octanol–water partition coefficient (Wildman–Crippen LogP) is 10.7. The SMILES string of the molecule is C1=C=C(S(c2ccccc2)(c2ccccc2)S(C2=CC=CCC2)(c2ccccc2)c2ccccc2)C=CC=1. The Morgan fingerprint density at radius 1 is 0.526 bits per heavy atom. The number of allylic oxidation sites excluding steroid dienone is 7. The summed E-state index contributed by atoms with van der Waals surface area (Å²) in [5.41, 5.74) is 7.04. The average Bonchev–Trinajstić information content (AvgIpc) is 3.02. The van der Waals surface area contributed by atoms with Crippen LogP contribution in [0.3, 0.4) is 0 Å². The van der Waals surface area contributed by atoms with Gasteiger partial charge in [0.05, 0.1) is 4.91 Å². The van der Waals surface area contributed by atoms with Crippen LogP contribution in [0.4, 0.5) is 0 Å². The summed E-state index contributed by atoms with van der Waals surface area (Å²) in [4.78, 5) is 8.19. The van der Waals surface area contributed by atoms with E-state index in [9.17, 15) is 0 Å². The van der Waals surface area contributed by atoms with Gasteiger partial charge in [0.2, 0.25) is 0 Å². The molecular weight excluding hydrogens is 497 g/mol. The Morgan fingerprint density at radius 3 is 1.39 bits per heavy atom. The van der Waals surface area contributed by atoms with E-state index >= 15 is 0 Å². The van der Waals surface area contributed by atoms with Crippen LogP contribution < -0.4 is 0 Å². The van der Waals surface area contributed by atoms with Crippen molar-refractivity contribution in [1.82, 2.24) is 0 Å². The van der Waals surface area contributed by atoms with Gasteiger partial charge in [0.1, 0.15) is 0 Å². The quantitative estimate of drug-likeness (QED) is 0.166. The molecule has 0 nitrogen and oxygen atoms in total. The smallest absolute Gasteiger partial charge is 0.0572 e. The zero-order chi connectivity index (χ0) is 25.7. The molecule has 0 fully saturated rings. The molecule has 0 heterocycles. The predicted molar refractivity (Wildman–Crippen MR) is 165 cm³/mol. The average molecular weight is 527 g/mol. The van der Waals surface area contributed by atoms with Crippen LogP contribution in [0.1, 0.15) is 12.8 Å². The van der Waals surface area contributed by atoms with Crippen molar-refractivity contribution in [2.45, 2.75) is 32.4 Å². The van der Waals surface area contributed by atoms with Crippen molar-refractivity contribution in [3.05, 3.63) is 179 Å². The van der Waals surface area contributed by atoms with Crippen molar-refractivity contribution in [3.8, 4) is 0 Å². The van der Waals surface area contributed by atoms with Crippen LogP contribution in [0.25, 0.3) is 0 Å². The molecule has 2 aliphatic carbocycles. The zero-order valence-corrected chi connectivity index (χ0v) is 22.9. The van der Waals surface area contributed by atoms with Gasteiger partial charge in [-0.05, 0) is 78.4 Å². The van der Waals surface area contributed by atoms with Crippen LogP contribution in [0.5, 0.6) is 0 Å². The summed E-state index contributed by atoms with van der Waals surface area (Å²) in [6.45, 7) is 0. The third kappa shape index (κ3) is 3.91. The van der Waals surface area contributed by atoms with E-state index in [-0.39, 0.29) is 0 Å². The lowest BCUT2D eigenvalue weighted by Gasteiger charge is -2.61. The molecule has 186 valence electrons. The molecule has 0 amide bonds. The van der Waals surface area contributed by atoms with Gasteiger partial charge in [-0.1, -0.05) is 109 Å². The summed E-state index contributed by atoms with van der Waals surface area (Å²) in [5, 5.41) is 0. The van der Waals surface area contributed by atoms with E-state index in [1.165, 1.54) is 29.4 Å². The van der Waals surface area contributed by atoms with Gasteiger partial charge in [-0.25, -0.2) is 0 Å². The van der Waals surface area contributed by atoms with Crippen LogP contribution >= 0.6 is 18.1 Å². The summed E-state index contributed by atoms with van der Waals surface area (Å²) >= 11 is 0. The van der Waals surface area contributed by atoms with Crippen LogP contribution in [-0.2, 0) is 0 Å². The van der Waals surface area contributed by atoms with E-state index in [0.29, 0.717) is 0 Å². The van der Waals surface area contributed by atoms with Crippen LogP contribution in [0.15, 0.2) is 199 Å². The molecule has 0 N–H and O–H groups in total. The van der Waals surface area contributed by atoms with Gasteiger partial charge in [-0.3, -0.25) is 0 Å². The molecule has 0 unspecified atom stereocenters. The Hall–Kier alpha value is -3.90. The summed E-state index contributed by atoms with van der Waals surface area (Å²) in [6, 6.07) is 45.0. The topological polar surface area (TPSA) is 0 Å². The molecule has 0 aromatic heterocycles. The summed E-state index contributed by atoms with van der Waals surface area (Å²) in [6.07, 6.45) is 15.5. The minimum absolute atomic E-state index is 1.03. The lowest BCUT2D eigenvalue weighted by Crippen LogP contribution is -2.18. The summed E-state index contributed by atoms with van der Waals surface area (Å²) < 4.78 is 0. The fraction of sp³-hybridized carbons (Fsp3) is 0.0556. The van der Waals surface area contributed by atoms with E-state index in [1.807, 2.05) is 6.08 Å². The van der Waals surface area contributed by atoms with E-state index in [2.05, 4.69) is 163 Å². The lowest BCUT2D eigenvalue weighted by atomic mass is 10.2. The maximum Gasteiger partial charge on any atom is 0.0572 e. The molecule has 0 saturated heterocycles. The molecule has 4 aromatic carbocycles. The number of hydrogen-bond acceptors (Lipinski definition) is 0. The zero-order valence-electron chi connectivity index (χ0n) is 21.2. The minimum Gasteiger partial charge on any atom is -0.119 e. The first kappa shape index (κ1) is 24.4. The highest BCUT2D eigenvalue weighted by atomic mass is 33.2. The maximum absolute atomic E-state index is 3.68. The fourth-order valence-corrected chi connectivity index (χ4v) is 19.5. The molecule has 4 aromatic rings. The Balaban J connectivity index is 1.92. The molecule has 38 heavy (non-hydrogen) atoms. The third-order valence-electron chi connectivity index (χ3n) is 6.95. The van der Waals surface area contributed by atoms with Crippen LogP contribution in [0, 0.1) is 0 Å². The highest BCUT2D eigenvalue weighted by Crippen LogP contribution is 2.99. The van der Waals surface area contributed by atoms with Gasteiger partial charge in [0.15, 0.2) is 0 Å². The second kappa shape index (κ2) is 10.8. The second-order valence-corrected chi connectivity index (χ2v) is 17.2. The molecule has 2 heteroatoms. The Bertz CT molecular complexity index is 1520. The van der Waals surface area contributed by atoms with Gasteiger partial charge in [-0.15, -0.1) is 18.1 Å². The monoisotopic (exact) mass is 526 g/mol. The van der Waals surface area contributed by atoms with E-state index in [1.54, 1.807) is 0 Å². The molecule has 0 spiro atoms. The molecule has 0 saturated carbocycles. The molecule has 2 aliphatic rings. The lowest BCUT2D eigenvalue weighted by molar-refractivity contribution is 1.01. The van der Waals surface area contributed by atoms with Gasteiger partial charge < -0.3 is 0 Å². The fourth-order valence-electron chi connectivity index (χ4n) is 5.48. The number of rotatable bonds is 7. The Morgan fingerprint density at radius 2 is 1.00 bits per heavy atom. The van der Waals surface area contributed by atoms with Crippen molar-refractivity contribution in [3.63, 3.8) is 0 Å². The Kier molecular flexibility index (Phi) is 6.97. The van der Waals surface area contributed by atoms with E-state index in [0.717, 1.165) is 12.8 Å². The molecular formula is C36H30S2. The molecule has 0 aliphatic heterocycles. The van der Waals surface area contributed by atoms with Crippen molar-refractivity contribution in [2.75, 3.05) is 0 Å². The standard InChI is InChI=1S/C36H30S2/c1-7-19-31(20-8-1)37(32-21-9-2-10-22-32,33-23-11-3-12-24-33)38(34-25-13-4-14-26-34,35-27-15-5-16-28-35)36-29-17-6-18-30-36/h1-11,13-17,19-23,25-29H,12,24H2. The number of hydrogen-bond donors (Lipinski definition) is 0. The van der Waals surface area contributed by atoms with Gasteiger partial charge in [0, 0.05) is 19.6 Å². The highest BCUT2D eigenvalue weighted by molar-refractivity contribution is 9.10. The molecule has 0 radical (unpaired) electrons. The first-order valence-electron chi connectivity index (χ1n) is 13.0. The molecule has 6 rings (SSSR count). The van der Waals surface area contributed by atoms with Crippen molar-refractivity contribution in [2.24, 2.45) is 0 Å². The maximum atomic E-state index is 3.68. The van der Waals surface area contributed by atoms with Crippen LogP contribution in [-0.4, -0.2) is 0 Å². The van der Waals surface area contributed by atoms with Crippen molar-refractivity contribution < 1.29 is 0 Å². The largest absolute Gasteiger partial charge is 0.119 e. The number of benzene rings is 4. The molecule has 0 bridgehead atoms. The first-order chi connectivity index (χ1) is 18.9. The van der Waals surface area contributed by atoms with Crippen LogP contribution in [0.2, 0.25) is 0 Å². The van der Waals surface area contributed by atoms with E-state index < -0.39 is 18.1 Å². The normalized spacial score (nSPS) is 15.6. The first-order valence-corrected chi connectivity index (χ1v) is 16.8. The Labute approximate surface area is 228 Å². The van der Waals surface area contributed by atoms with Gasteiger partial charge >= 0.3 is 0 Å². The van der Waals surface area contributed by atoms with Gasteiger partial charge in [0.25, 0.3) is 0 Å². The third-order valence-corrected chi connectivity index (χ3v) is 19.1. The minimum atomic E-state index is -1.95. The van der Waals surface area contributed by atoms with E-state index in [4.69, 9.17) is 0 Å². The van der Waals surface area contributed by atoms with Gasteiger partial charge in [-0.2, -0.15) is 0 Å². The second-order valence-electron chi connectivity index (χ2n) is 9.12. The van der Waals surface area contributed by atoms with Crippen molar-refractivity contribution in [1.29, 1.82) is 0 Å². The van der Waals surface area contributed by atoms with Crippen molar-refractivity contribution >= 4 is 18.1 Å². The molecule has 0 atom stereocenters. The highest BCUT2D eigenvalue weighted by Gasteiger charge is 2.52.